The monoisotopic (exact) mass is 503 g/mol. The zero-order chi connectivity index (χ0) is 25.3. The van der Waals surface area contributed by atoms with Crippen molar-refractivity contribution in [2.75, 3.05) is 14.2 Å². The number of carbonyl (C=O) groups excluding carboxylic acids is 1. The molecule has 3 heterocycles. The number of pyridine rings is 1. The van der Waals surface area contributed by atoms with E-state index in [-0.39, 0.29) is 44.6 Å². The van der Waals surface area contributed by atoms with Crippen LogP contribution in [0.15, 0.2) is 50.9 Å². The molecule has 0 N–H and O–H groups in total. The van der Waals surface area contributed by atoms with Gasteiger partial charge in [0, 0.05) is 11.8 Å². The minimum absolute atomic E-state index is 0.0208. The van der Waals surface area contributed by atoms with E-state index in [9.17, 15) is 18.4 Å². The quantitative estimate of drug-likeness (QED) is 0.221. The Kier molecular flexibility index (Phi) is 6.56. The van der Waals surface area contributed by atoms with E-state index in [0.717, 1.165) is 10.7 Å². The Hall–Kier alpha value is -4.19. The summed E-state index contributed by atoms with van der Waals surface area (Å²) in [4.78, 5) is 38.2. The minimum Gasteiger partial charge on any atom is -0.464 e. The normalized spacial score (nSPS) is 11.8. The Balaban J connectivity index is 1.94. The van der Waals surface area contributed by atoms with Crippen molar-refractivity contribution in [1.82, 2.24) is 19.7 Å². The van der Waals surface area contributed by atoms with Crippen LogP contribution in [0, 0.1) is 6.92 Å². The summed E-state index contributed by atoms with van der Waals surface area (Å²) in [7, 11) is 2.43. The molecule has 0 atom stereocenters. The molecule has 0 radical (unpaired) electrons. The Bertz CT molecular complexity index is 1530. The number of hydrogen-bond acceptors (Lipinski definition) is 9. The van der Waals surface area contributed by atoms with Crippen LogP contribution in [-0.2, 0) is 14.4 Å². The fraction of sp³-hybridized carbons (Fsp3) is 0.182. The lowest BCUT2D eigenvalue weighted by Crippen LogP contribution is -2.18. The maximum atomic E-state index is 13.5. The third kappa shape index (κ3) is 4.47. The number of hydrogen-bond donors (Lipinski definition) is 0. The second-order valence-corrected chi connectivity index (χ2v) is 7.49. The maximum Gasteiger partial charge on any atom is 0.360 e. The summed E-state index contributed by atoms with van der Waals surface area (Å²) in [5.41, 5.74) is -0.745. The fourth-order valence-electron chi connectivity index (χ4n) is 3.35. The van der Waals surface area contributed by atoms with Crippen LogP contribution in [0.25, 0.3) is 28.3 Å². The minimum atomic E-state index is -2.91. The predicted octanol–water partition coefficient (Wildman–Crippen LogP) is 3.86. The van der Waals surface area contributed by atoms with Gasteiger partial charge >= 0.3 is 11.6 Å². The first-order valence-electron chi connectivity index (χ1n) is 9.89. The lowest BCUT2D eigenvalue weighted by Gasteiger charge is -2.09. The van der Waals surface area contributed by atoms with Crippen molar-refractivity contribution in [2.45, 2.75) is 13.3 Å². The van der Waals surface area contributed by atoms with Crippen molar-refractivity contribution >= 4 is 34.2 Å². The van der Waals surface area contributed by atoms with E-state index in [1.54, 1.807) is 19.1 Å². The molecule has 0 aliphatic rings. The van der Waals surface area contributed by atoms with E-state index in [0.29, 0.717) is 5.56 Å². The number of alkyl halides is 2. The predicted molar refractivity (Wildman–Crippen MR) is 121 cm³/mol. The number of aryl methyl sites for hydroxylation is 1. The van der Waals surface area contributed by atoms with E-state index < -0.39 is 23.7 Å². The molecule has 1 aromatic carbocycles. The van der Waals surface area contributed by atoms with Crippen LogP contribution in [0.2, 0.25) is 5.02 Å². The summed E-state index contributed by atoms with van der Waals surface area (Å²) in [5, 5.41) is 7.69. The summed E-state index contributed by atoms with van der Waals surface area (Å²) in [6.07, 6.45) is -1.50. The number of halogens is 3. The number of oxime groups is 1. The number of aromatic nitrogens is 4. The molecule has 0 amide bonds. The third-order valence-corrected chi connectivity index (χ3v) is 5.16. The van der Waals surface area contributed by atoms with Gasteiger partial charge in [0.15, 0.2) is 11.5 Å². The molecular formula is C22H16ClF2N5O5. The van der Waals surface area contributed by atoms with Gasteiger partial charge < -0.3 is 14.0 Å². The number of methoxy groups -OCH3 is 1. The first-order chi connectivity index (χ1) is 16.7. The van der Waals surface area contributed by atoms with Gasteiger partial charge in [-0.25, -0.2) is 33.0 Å². The van der Waals surface area contributed by atoms with Crippen LogP contribution in [0.5, 0.6) is 0 Å². The summed E-state index contributed by atoms with van der Waals surface area (Å²) in [6, 6.07) is 7.00. The molecule has 3 aromatic heterocycles. The van der Waals surface area contributed by atoms with Gasteiger partial charge in [0.1, 0.15) is 18.5 Å². The van der Waals surface area contributed by atoms with E-state index >= 15 is 0 Å². The van der Waals surface area contributed by atoms with Crippen molar-refractivity contribution in [3.8, 4) is 17.4 Å². The molecule has 180 valence electrons. The van der Waals surface area contributed by atoms with Gasteiger partial charge in [-0.1, -0.05) is 16.8 Å². The topological polar surface area (TPSA) is 122 Å². The fourth-order valence-corrected chi connectivity index (χ4v) is 3.55. The molecular weight excluding hydrogens is 488 g/mol. The average molecular weight is 504 g/mol. The molecule has 13 heteroatoms. The van der Waals surface area contributed by atoms with Gasteiger partial charge in [0.05, 0.1) is 23.0 Å². The number of ether oxygens (including phenoxy) is 1. The second-order valence-electron chi connectivity index (χ2n) is 7.09. The molecule has 0 aliphatic carbocycles. The standard InChI is InChI=1S/C22H16ClF2N5O5/c1-10-7-11(17(29-34-3)22(32)33-2)8-12-16(10)27-20(35-21(12)31)15-9-14(18(24)25)28-30(15)19-13(23)5-4-6-26-19/h4-9,18H,1-3H3. The van der Waals surface area contributed by atoms with Gasteiger partial charge in [0.25, 0.3) is 6.43 Å². The van der Waals surface area contributed by atoms with Gasteiger partial charge in [-0.15, -0.1) is 0 Å². The summed E-state index contributed by atoms with van der Waals surface area (Å²) in [5.74, 6) is -1.01. The molecule has 0 spiro atoms. The molecule has 0 fully saturated rings. The van der Waals surface area contributed by atoms with Gasteiger partial charge in [0.2, 0.25) is 5.89 Å². The van der Waals surface area contributed by atoms with E-state index in [2.05, 4.69) is 20.2 Å². The lowest BCUT2D eigenvalue weighted by atomic mass is 10.0. The van der Waals surface area contributed by atoms with Crippen molar-refractivity contribution < 1.29 is 27.6 Å². The summed E-state index contributed by atoms with van der Waals surface area (Å²) < 4.78 is 38.1. The SMILES string of the molecule is CON=C(C(=O)OC)c1cc(C)c2nc(-c3cc(C(F)F)nn3-c3ncccc3Cl)oc(=O)c2c1. The van der Waals surface area contributed by atoms with Crippen molar-refractivity contribution in [1.29, 1.82) is 0 Å². The molecule has 0 saturated heterocycles. The zero-order valence-electron chi connectivity index (χ0n) is 18.5. The number of rotatable bonds is 6. The molecule has 4 rings (SSSR count). The third-order valence-electron chi connectivity index (χ3n) is 4.87. The smallest absolute Gasteiger partial charge is 0.360 e. The number of fused-ring (bicyclic) bond motifs is 1. The Morgan fingerprint density at radius 3 is 2.69 bits per heavy atom. The molecule has 10 nitrogen and oxygen atoms in total. The Morgan fingerprint density at radius 1 is 1.26 bits per heavy atom. The summed E-state index contributed by atoms with van der Waals surface area (Å²) >= 11 is 6.19. The molecule has 35 heavy (non-hydrogen) atoms. The highest BCUT2D eigenvalue weighted by molar-refractivity contribution is 6.43. The number of esters is 1. The van der Waals surface area contributed by atoms with Gasteiger partial charge in [-0.3, -0.25) is 0 Å². The first-order valence-corrected chi connectivity index (χ1v) is 10.3. The van der Waals surface area contributed by atoms with Gasteiger partial charge in [-0.2, -0.15) is 5.10 Å². The number of carbonyl (C=O) groups is 1. The Morgan fingerprint density at radius 2 is 2.03 bits per heavy atom. The molecule has 0 bridgehead atoms. The molecule has 0 aliphatic heterocycles. The lowest BCUT2D eigenvalue weighted by molar-refractivity contribution is -0.132. The first kappa shape index (κ1) is 24.0. The second kappa shape index (κ2) is 9.58. The van der Waals surface area contributed by atoms with Gasteiger partial charge in [-0.05, 0) is 42.8 Å². The van der Waals surface area contributed by atoms with Crippen LogP contribution in [0.3, 0.4) is 0 Å². The van der Waals surface area contributed by atoms with E-state index in [1.807, 2.05) is 0 Å². The molecule has 0 unspecified atom stereocenters. The number of benzene rings is 1. The maximum absolute atomic E-state index is 13.5. The molecule has 0 saturated carbocycles. The van der Waals surface area contributed by atoms with Crippen molar-refractivity contribution in [2.24, 2.45) is 5.16 Å². The van der Waals surface area contributed by atoms with Crippen LogP contribution in [0.1, 0.15) is 23.2 Å². The van der Waals surface area contributed by atoms with E-state index in [1.165, 1.54) is 32.5 Å². The van der Waals surface area contributed by atoms with Crippen LogP contribution >= 0.6 is 11.6 Å². The highest BCUT2D eigenvalue weighted by Gasteiger charge is 2.24. The largest absolute Gasteiger partial charge is 0.464 e. The van der Waals surface area contributed by atoms with Crippen LogP contribution in [0.4, 0.5) is 8.78 Å². The van der Waals surface area contributed by atoms with Crippen molar-refractivity contribution in [3.05, 3.63) is 68.8 Å². The average Bonchev–Trinajstić information content (AvgIpc) is 3.28. The number of nitrogens with zero attached hydrogens (tertiary/aromatic N) is 5. The highest BCUT2D eigenvalue weighted by Crippen LogP contribution is 2.30. The van der Waals surface area contributed by atoms with Crippen LogP contribution < -0.4 is 5.63 Å². The van der Waals surface area contributed by atoms with E-state index in [4.69, 9.17) is 25.6 Å². The Labute approximate surface area is 200 Å². The highest BCUT2D eigenvalue weighted by atomic mass is 35.5. The zero-order valence-corrected chi connectivity index (χ0v) is 19.2. The molecule has 4 aromatic rings. The summed E-state index contributed by atoms with van der Waals surface area (Å²) in [6.45, 7) is 1.64. The van der Waals surface area contributed by atoms with Crippen LogP contribution in [-0.4, -0.2) is 45.6 Å². The van der Waals surface area contributed by atoms with Crippen molar-refractivity contribution in [3.63, 3.8) is 0 Å².